The Morgan fingerprint density at radius 2 is 1.89 bits per heavy atom. The molecule has 1 amide bonds. The van der Waals surface area contributed by atoms with E-state index in [1.54, 1.807) is 19.9 Å². The lowest BCUT2D eigenvalue weighted by atomic mass is 9.88. The fourth-order valence-electron chi connectivity index (χ4n) is 3.70. The summed E-state index contributed by atoms with van der Waals surface area (Å²) in [7, 11) is 0. The van der Waals surface area contributed by atoms with Crippen LogP contribution in [0.2, 0.25) is 0 Å². The van der Waals surface area contributed by atoms with Crippen LogP contribution < -0.4 is 5.32 Å². The second kappa shape index (κ2) is 7.74. The van der Waals surface area contributed by atoms with Gasteiger partial charge in [0, 0.05) is 18.2 Å². The normalized spacial score (nSPS) is 15.7. The van der Waals surface area contributed by atoms with Crippen LogP contribution in [0.1, 0.15) is 54.6 Å². The summed E-state index contributed by atoms with van der Waals surface area (Å²) in [4.78, 5) is 12.3. The molecule has 4 nitrogen and oxygen atoms in total. The van der Waals surface area contributed by atoms with Crippen LogP contribution in [0.25, 0.3) is 5.69 Å². The summed E-state index contributed by atoms with van der Waals surface area (Å²) in [6.07, 6.45) is 0.253. The van der Waals surface area contributed by atoms with E-state index in [0.717, 1.165) is 49.6 Å². The SMILES string of the molecule is Cc1cc(C)n(-c2ccc(CNC(=O)C3CCCCC3)c(C(F)(F)F)c2)n1. The first kappa shape index (κ1) is 19.5. The van der Waals surface area contributed by atoms with Crippen LogP contribution in [0.3, 0.4) is 0 Å². The summed E-state index contributed by atoms with van der Waals surface area (Å²) in [5.41, 5.74) is 1.19. The summed E-state index contributed by atoms with van der Waals surface area (Å²) >= 11 is 0. The first-order chi connectivity index (χ1) is 12.8. The Bertz CT molecular complexity index is 820. The number of carbonyl (C=O) groups excluding carboxylic acids is 1. The van der Waals surface area contributed by atoms with E-state index < -0.39 is 11.7 Å². The molecule has 1 aliphatic rings. The highest BCUT2D eigenvalue weighted by Crippen LogP contribution is 2.34. The lowest BCUT2D eigenvalue weighted by Gasteiger charge is -2.21. The van der Waals surface area contributed by atoms with Gasteiger partial charge in [0.25, 0.3) is 0 Å². The van der Waals surface area contributed by atoms with Crippen molar-refractivity contribution in [1.29, 1.82) is 0 Å². The molecule has 1 saturated carbocycles. The molecule has 1 aromatic heterocycles. The quantitative estimate of drug-likeness (QED) is 0.837. The molecule has 0 bridgehead atoms. The fraction of sp³-hybridized carbons (Fsp3) is 0.500. The first-order valence-electron chi connectivity index (χ1n) is 9.27. The van der Waals surface area contributed by atoms with E-state index in [1.807, 2.05) is 6.07 Å². The molecule has 2 aromatic rings. The van der Waals surface area contributed by atoms with Gasteiger partial charge in [0.1, 0.15) is 0 Å². The van der Waals surface area contributed by atoms with Crippen molar-refractivity contribution in [3.05, 3.63) is 46.8 Å². The zero-order chi connectivity index (χ0) is 19.6. The van der Waals surface area contributed by atoms with Crippen molar-refractivity contribution < 1.29 is 18.0 Å². The van der Waals surface area contributed by atoms with Gasteiger partial charge in [-0.2, -0.15) is 18.3 Å². The standard InChI is InChI=1S/C20H24F3N3O/c1-13-10-14(2)26(25-13)17-9-8-16(18(11-17)20(21,22)23)12-24-19(27)15-6-4-3-5-7-15/h8-11,15H,3-7,12H2,1-2H3,(H,24,27). The fourth-order valence-corrected chi connectivity index (χ4v) is 3.70. The van der Waals surface area contributed by atoms with Crippen molar-refractivity contribution in [1.82, 2.24) is 15.1 Å². The highest BCUT2D eigenvalue weighted by Gasteiger charge is 2.34. The Hall–Kier alpha value is -2.31. The highest BCUT2D eigenvalue weighted by molar-refractivity contribution is 5.78. The monoisotopic (exact) mass is 379 g/mol. The third-order valence-corrected chi connectivity index (χ3v) is 5.08. The second-order valence-corrected chi connectivity index (χ2v) is 7.23. The van der Waals surface area contributed by atoms with Crippen molar-refractivity contribution in [3.63, 3.8) is 0 Å². The van der Waals surface area contributed by atoms with Crippen molar-refractivity contribution in [2.45, 2.75) is 58.7 Å². The second-order valence-electron chi connectivity index (χ2n) is 7.23. The number of carbonyl (C=O) groups is 1. The van der Waals surface area contributed by atoms with Gasteiger partial charge in [-0.05, 0) is 50.5 Å². The largest absolute Gasteiger partial charge is 0.416 e. The Balaban J connectivity index is 1.82. The minimum Gasteiger partial charge on any atom is -0.352 e. The number of aromatic nitrogens is 2. The Kier molecular flexibility index (Phi) is 5.58. The maximum absolute atomic E-state index is 13.6. The molecule has 0 aliphatic heterocycles. The molecule has 27 heavy (non-hydrogen) atoms. The molecule has 1 aliphatic carbocycles. The van der Waals surface area contributed by atoms with Gasteiger partial charge >= 0.3 is 6.18 Å². The number of amides is 1. The van der Waals surface area contributed by atoms with E-state index >= 15 is 0 Å². The lowest BCUT2D eigenvalue weighted by molar-refractivity contribution is -0.138. The van der Waals surface area contributed by atoms with E-state index in [4.69, 9.17) is 0 Å². The van der Waals surface area contributed by atoms with Crippen LogP contribution in [0.5, 0.6) is 0 Å². The zero-order valence-electron chi connectivity index (χ0n) is 15.6. The molecule has 0 radical (unpaired) electrons. The van der Waals surface area contributed by atoms with Crippen molar-refractivity contribution in [2.24, 2.45) is 5.92 Å². The molecule has 1 N–H and O–H groups in total. The van der Waals surface area contributed by atoms with E-state index in [0.29, 0.717) is 5.69 Å². The van der Waals surface area contributed by atoms with E-state index in [1.165, 1.54) is 10.7 Å². The van der Waals surface area contributed by atoms with Crippen molar-refractivity contribution in [3.8, 4) is 5.69 Å². The molecular weight excluding hydrogens is 355 g/mol. The highest BCUT2D eigenvalue weighted by atomic mass is 19.4. The predicted octanol–water partition coefficient (Wildman–Crippen LogP) is 4.70. The Morgan fingerprint density at radius 3 is 2.48 bits per heavy atom. The average molecular weight is 379 g/mol. The summed E-state index contributed by atoms with van der Waals surface area (Å²) in [6.45, 7) is 3.47. The minimum absolute atomic E-state index is 0.0666. The van der Waals surface area contributed by atoms with Crippen LogP contribution in [0.4, 0.5) is 13.2 Å². The van der Waals surface area contributed by atoms with Gasteiger partial charge in [-0.3, -0.25) is 4.79 Å². The Morgan fingerprint density at radius 1 is 1.19 bits per heavy atom. The van der Waals surface area contributed by atoms with Gasteiger partial charge in [0.15, 0.2) is 0 Å². The third-order valence-electron chi connectivity index (χ3n) is 5.08. The maximum atomic E-state index is 13.6. The third kappa shape index (κ3) is 4.51. The van der Waals surface area contributed by atoms with Crippen LogP contribution in [0, 0.1) is 19.8 Å². The lowest BCUT2D eigenvalue weighted by Crippen LogP contribution is -2.32. The average Bonchev–Trinajstić information content (AvgIpc) is 2.97. The Labute approximate surface area is 156 Å². The van der Waals surface area contributed by atoms with Gasteiger partial charge in [0.05, 0.1) is 16.9 Å². The molecule has 7 heteroatoms. The molecule has 1 aromatic carbocycles. The number of nitrogens with one attached hydrogen (secondary N) is 1. The van der Waals surface area contributed by atoms with E-state index in [9.17, 15) is 18.0 Å². The van der Waals surface area contributed by atoms with Crippen LogP contribution >= 0.6 is 0 Å². The van der Waals surface area contributed by atoms with Crippen LogP contribution in [0.15, 0.2) is 24.3 Å². The minimum atomic E-state index is -4.50. The number of rotatable bonds is 4. The van der Waals surface area contributed by atoms with Gasteiger partial charge in [-0.1, -0.05) is 25.3 Å². The zero-order valence-corrected chi connectivity index (χ0v) is 15.6. The summed E-state index contributed by atoms with van der Waals surface area (Å²) < 4.78 is 42.3. The molecule has 146 valence electrons. The molecule has 0 spiro atoms. The predicted molar refractivity (Wildman–Crippen MR) is 96.5 cm³/mol. The number of hydrogen-bond acceptors (Lipinski definition) is 2. The number of aryl methyl sites for hydroxylation is 2. The molecule has 1 fully saturated rings. The first-order valence-corrected chi connectivity index (χ1v) is 9.27. The van der Waals surface area contributed by atoms with Gasteiger partial charge in [0.2, 0.25) is 5.91 Å². The van der Waals surface area contributed by atoms with Gasteiger partial charge in [-0.15, -0.1) is 0 Å². The van der Waals surface area contributed by atoms with Crippen molar-refractivity contribution >= 4 is 5.91 Å². The maximum Gasteiger partial charge on any atom is 0.416 e. The number of hydrogen-bond donors (Lipinski definition) is 1. The number of nitrogens with zero attached hydrogens (tertiary/aromatic N) is 2. The summed E-state index contributed by atoms with van der Waals surface area (Å²) in [6, 6.07) is 5.94. The molecular formula is C20H24F3N3O. The molecule has 1 heterocycles. The number of halogens is 3. The van der Waals surface area contributed by atoms with Crippen LogP contribution in [-0.4, -0.2) is 15.7 Å². The van der Waals surface area contributed by atoms with E-state index in [-0.39, 0.29) is 23.9 Å². The molecule has 0 unspecified atom stereocenters. The van der Waals surface area contributed by atoms with Gasteiger partial charge < -0.3 is 5.32 Å². The molecule has 0 saturated heterocycles. The van der Waals surface area contributed by atoms with Crippen LogP contribution in [-0.2, 0) is 17.5 Å². The number of benzene rings is 1. The molecule has 0 atom stereocenters. The topological polar surface area (TPSA) is 46.9 Å². The summed E-state index contributed by atoms with van der Waals surface area (Å²) in [5.74, 6) is -0.229. The smallest absolute Gasteiger partial charge is 0.352 e. The molecule has 3 rings (SSSR count). The summed E-state index contributed by atoms with van der Waals surface area (Å²) in [5, 5.41) is 6.94. The number of alkyl halides is 3. The van der Waals surface area contributed by atoms with E-state index in [2.05, 4.69) is 10.4 Å². The van der Waals surface area contributed by atoms with Gasteiger partial charge in [-0.25, -0.2) is 4.68 Å². The van der Waals surface area contributed by atoms with Crippen molar-refractivity contribution in [2.75, 3.05) is 0 Å².